The van der Waals surface area contributed by atoms with Gasteiger partial charge in [0.1, 0.15) is 4.88 Å². The number of carbonyl (C=O) groups is 1. The zero-order valence-electron chi connectivity index (χ0n) is 7.98. The van der Waals surface area contributed by atoms with Crippen LogP contribution in [-0.4, -0.2) is 23.0 Å². The quantitative estimate of drug-likeness (QED) is 0.756. The van der Waals surface area contributed by atoms with Crippen molar-refractivity contribution in [3.05, 3.63) is 22.5 Å². The van der Waals surface area contributed by atoms with Crippen LogP contribution in [0.25, 0.3) is 11.3 Å². The van der Waals surface area contributed by atoms with Gasteiger partial charge in [-0.3, -0.25) is 0 Å². The number of anilines is 1. The van der Waals surface area contributed by atoms with E-state index < -0.39 is 0 Å². The highest BCUT2D eigenvalue weighted by atomic mass is 32.1. The number of thiophene rings is 1. The maximum absolute atomic E-state index is 11.4. The van der Waals surface area contributed by atoms with E-state index in [1.165, 1.54) is 18.4 Å². The molecule has 6 heteroatoms. The molecule has 15 heavy (non-hydrogen) atoms. The predicted octanol–water partition coefficient (Wildman–Crippen LogP) is 1.51. The van der Waals surface area contributed by atoms with Crippen molar-refractivity contribution in [2.75, 3.05) is 12.8 Å². The molecule has 3 N–H and O–H groups in total. The zero-order valence-corrected chi connectivity index (χ0v) is 8.80. The molecule has 0 spiro atoms. The largest absolute Gasteiger partial charge is 0.465 e. The molecule has 0 aliphatic rings. The molecule has 2 rings (SSSR count). The minimum absolute atomic E-state index is 0.326. The second-order valence-corrected chi connectivity index (χ2v) is 3.75. The summed E-state index contributed by atoms with van der Waals surface area (Å²) in [5.74, 6) is -0.0276. The Morgan fingerprint density at radius 3 is 3.07 bits per heavy atom. The minimum Gasteiger partial charge on any atom is -0.465 e. The molecule has 0 fully saturated rings. The number of ether oxygens (including phenoxy) is 1. The van der Waals surface area contributed by atoms with Gasteiger partial charge in [0.05, 0.1) is 19.0 Å². The summed E-state index contributed by atoms with van der Waals surface area (Å²) in [5.41, 5.74) is 6.94. The van der Waals surface area contributed by atoms with Crippen molar-refractivity contribution in [1.29, 1.82) is 0 Å². The molecular formula is C9H9N3O2S. The molecule has 0 radical (unpaired) electrons. The van der Waals surface area contributed by atoms with Gasteiger partial charge in [0.2, 0.25) is 0 Å². The van der Waals surface area contributed by atoms with E-state index in [0.29, 0.717) is 16.5 Å². The van der Waals surface area contributed by atoms with Crippen molar-refractivity contribution < 1.29 is 9.53 Å². The first-order valence-corrected chi connectivity index (χ1v) is 5.07. The topological polar surface area (TPSA) is 81.0 Å². The van der Waals surface area contributed by atoms with E-state index in [9.17, 15) is 4.79 Å². The van der Waals surface area contributed by atoms with Gasteiger partial charge < -0.3 is 15.5 Å². The average Bonchev–Trinajstić information content (AvgIpc) is 2.84. The molecule has 2 heterocycles. The van der Waals surface area contributed by atoms with Crippen LogP contribution in [-0.2, 0) is 4.74 Å². The van der Waals surface area contributed by atoms with Gasteiger partial charge in [-0.05, 0) is 11.4 Å². The first-order chi connectivity index (χ1) is 7.22. The standard InChI is InChI=1S/C9H9N3O2S/c1-14-8(13)7-5(2-3-15-7)6-4-11-9(10)12-6/h2-4H,1H3,(H3,10,11,12). The highest BCUT2D eigenvalue weighted by molar-refractivity contribution is 7.12. The van der Waals surface area contributed by atoms with E-state index in [4.69, 9.17) is 5.73 Å². The second-order valence-electron chi connectivity index (χ2n) is 2.84. The third-order valence-corrected chi connectivity index (χ3v) is 2.82. The molecule has 2 aromatic heterocycles. The lowest BCUT2D eigenvalue weighted by Gasteiger charge is -1.98. The van der Waals surface area contributed by atoms with Crippen LogP contribution in [0.5, 0.6) is 0 Å². The van der Waals surface area contributed by atoms with E-state index >= 15 is 0 Å². The number of rotatable bonds is 2. The highest BCUT2D eigenvalue weighted by Crippen LogP contribution is 2.27. The summed E-state index contributed by atoms with van der Waals surface area (Å²) in [7, 11) is 1.35. The minimum atomic E-state index is -0.354. The number of carbonyl (C=O) groups excluding carboxylic acids is 1. The smallest absolute Gasteiger partial charge is 0.348 e. The van der Waals surface area contributed by atoms with E-state index in [1.807, 2.05) is 11.4 Å². The van der Waals surface area contributed by atoms with Gasteiger partial charge in [-0.2, -0.15) is 0 Å². The van der Waals surface area contributed by atoms with E-state index in [-0.39, 0.29) is 5.97 Å². The Morgan fingerprint density at radius 1 is 1.67 bits per heavy atom. The SMILES string of the molecule is COC(=O)c1sccc1-c1cnc(N)[nH]1. The van der Waals surface area contributed by atoms with Crippen LogP contribution < -0.4 is 5.73 Å². The number of esters is 1. The lowest BCUT2D eigenvalue weighted by Crippen LogP contribution is -1.99. The van der Waals surface area contributed by atoms with Crippen LogP contribution in [0, 0.1) is 0 Å². The number of methoxy groups -OCH3 is 1. The Bertz CT molecular complexity index is 489. The number of H-pyrrole nitrogens is 1. The highest BCUT2D eigenvalue weighted by Gasteiger charge is 2.15. The molecule has 0 aliphatic carbocycles. The Morgan fingerprint density at radius 2 is 2.47 bits per heavy atom. The number of imidazole rings is 1. The normalized spacial score (nSPS) is 10.2. The van der Waals surface area contributed by atoms with Crippen LogP contribution in [0.2, 0.25) is 0 Å². The first kappa shape index (κ1) is 9.72. The van der Waals surface area contributed by atoms with Gasteiger partial charge in [-0.15, -0.1) is 11.3 Å². The van der Waals surface area contributed by atoms with Gasteiger partial charge in [0, 0.05) is 5.56 Å². The molecule has 0 saturated heterocycles. The molecule has 0 aliphatic heterocycles. The summed E-state index contributed by atoms with van der Waals surface area (Å²) in [4.78, 5) is 18.7. The van der Waals surface area contributed by atoms with Crippen molar-refractivity contribution in [2.45, 2.75) is 0 Å². The van der Waals surface area contributed by atoms with Crippen molar-refractivity contribution in [2.24, 2.45) is 0 Å². The number of aromatic amines is 1. The second kappa shape index (κ2) is 3.74. The fraction of sp³-hybridized carbons (Fsp3) is 0.111. The van der Waals surface area contributed by atoms with Crippen molar-refractivity contribution in [3.63, 3.8) is 0 Å². The third-order valence-electron chi connectivity index (χ3n) is 1.92. The maximum Gasteiger partial charge on any atom is 0.348 e. The molecule has 0 aromatic carbocycles. The van der Waals surface area contributed by atoms with Gasteiger partial charge in [-0.1, -0.05) is 0 Å². The summed E-state index contributed by atoms with van der Waals surface area (Å²) < 4.78 is 4.67. The summed E-state index contributed by atoms with van der Waals surface area (Å²) in [6.07, 6.45) is 1.59. The summed E-state index contributed by atoms with van der Waals surface area (Å²) >= 11 is 1.32. The third kappa shape index (κ3) is 1.71. The van der Waals surface area contributed by atoms with Gasteiger partial charge in [0.25, 0.3) is 0 Å². The lowest BCUT2D eigenvalue weighted by molar-refractivity contribution is 0.0607. The predicted molar refractivity (Wildman–Crippen MR) is 57.7 cm³/mol. The first-order valence-electron chi connectivity index (χ1n) is 4.19. The Kier molecular flexibility index (Phi) is 2.42. The zero-order chi connectivity index (χ0) is 10.8. The molecule has 0 unspecified atom stereocenters. The van der Waals surface area contributed by atoms with E-state index in [1.54, 1.807) is 6.20 Å². The van der Waals surface area contributed by atoms with Crippen LogP contribution >= 0.6 is 11.3 Å². The molecule has 0 saturated carbocycles. The molecule has 0 amide bonds. The molecule has 5 nitrogen and oxygen atoms in total. The Labute approximate surface area is 89.9 Å². The van der Waals surface area contributed by atoms with E-state index in [0.717, 1.165) is 5.56 Å². The fourth-order valence-electron chi connectivity index (χ4n) is 1.25. The summed E-state index contributed by atoms with van der Waals surface area (Å²) in [5, 5.41) is 1.82. The van der Waals surface area contributed by atoms with Gasteiger partial charge in [0.15, 0.2) is 5.95 Å². The molecule has 78 valence electrons. The fourth-order valence-corrected chi connectivity index (χ4v) is 2.07. The van der Waals surface area contributed by atoms with Crippen LogP contribution in [0.3, 0.4) is 0 Å². The Balaban J connectivity index is 2.45. The Hall–Kier alpha value is -1.82. The average molecular weight is 223 g/mol. The molecular weight excluding hydrogens is 214 g/mol. The maximum atomic E-state index is 11.4. The number of hydrogen-bond acceptors (Lipinski definition) is 5. The van der Waals surface area contributed by atoms with Crippen molar-refractivity contribution in [1.82, 2.24) is 9.97 Å². The summed E-state index contributed by atoms with van der Waals surface area (Å²) in [6, 6.07) is 1.82. The van der Waals surface area contributed by atoms with Gasteiger partial charge in [-0.25, -0.2) is 9.78 Å². The molecule has 0 atom stereocenters. The number of aromatic nitrogens is 2. The van der Waals surface area contributed by atoms with Crippen molar-refractivity contribution in [3.8, 4) is 11.3 Å². The van der Waals surface area contributed by atoms with Crippen LogP contribution in [0.4, 0.5) is 5.95 Å². The number of nitrogen functional groups attached to an aromatic ring is 1. The number of nitrogens with one attached hydrogen (secondary N) is 1. The molecule has 2 aromatic rings. The van der Waals surface area contributed by atoms with Gasteiger partial charge >= 0.3 is 5.97 Å². The monoisotopic (exact) mass is 223 g/mol. The van der Waals surface area contributed by atoms with Crippen molar-refractivity contribution >= 4 is 23.3 Å². The van der Waals surface area contributed by atoms with E-state index in [2.05, 4.69) is 14.7 Å². The number of nitrogens with zero attached hydrogens (tertiary/aromatic N) is 1. The summed E-state index contributed by atoms with van der Waals surface area (Å²) in [6.45, 7) is 0. The van der Waals surface area contributed by atoms with Crippen LogP contribution in [0.15, 0.2) is 17.6 Å². The molecule has 0 bridgehead atoms. The number of hydrogen-bond donors (Lipinski definition) is 2. The lowest BCUT2D eigenvalue weighted by atomic mass is 10.2. The number of nitrogens with two attached hydrogens (primary N) is 1. The van der Waals surface area contributed by atoms with Crippen LogP contribution in [0.1, 0.15) is 9.67 Å².